The molecule has 2 N–H and O–H groups in total. The fourth-order valence-electron chi connectivity index (χ4n) is 2.39. The van der Waals surface area contributed by atoms with Crippen LogP contribution in [0.2, 0.25) is 0 Å². The van der Waals surface area contributed by atoms with E-state index in [-0.39, 0.29) is 12.5 Å². The van der Waals surface area contributed by atoms with Crippen molar-refractivity contribution in [2.45, 2.75) is 52.7 Å². The van der Waals surface area contributed by atoms with Crippen LogP contribution in [0.15, 0.2) is 34.9 Å². The van der Waals surface area contributed by atoms with Gasteiger partial charge in [-0.2, -0.15) is 0 Å². The molecule has 2 heterocycles. The van der Waals surface area contributed by atoms with Crippen LogP contribution in [0.5, 0.6) is 0 Å². The van der Waals surface area contributed by atoms with Crippen LogP contribution in [0.4, 0.5) is 4.79 Å². The molecule has 0 aromatic carbocycles. The van der Waals surface area contributed by atoms with Crippen molar-refractivity contribution in [3.8, 4) is 11.5 Å². The van der Waals surface area contributed by atoms with E-state index in [1.54, 1.807) is 52.2 Å². The number of carbonyl (C=O) groups is 2. The van der Waals surface area contributed by atoms with Gasteiger partial charge >= 0.3 is 6.09 Å². The van der Waals surface area contributed by atoms with Gasteiger partial charge in [-0.15, -0.1) is 0 Å². The molecule has 0 aliphatic rings. The van der Waals surface area contributed by atoms with Crippen LogP contribution in [-0.4, -0.2) is 34.7 Å². The summed E-state index contributed by atoms with van der Waals surface area (Å²) in [4.78, 5) is 28.9. The van der Waals surface area contributed by atoms with Crippen molar-refractivity contribution in [3.63, 3.8) is 0 Å². The number of ether oxygens (including phenoxy) is 1. The summed E-state index contributed by atoms with van der Waals surface area (Å²) in [7, 11) is 0. The van der Waals surface area contributed by atoms with E-state index in [0.29, 0.717) is 22.7 Å². The Balaban J connectivity index is 2.00. The third-order valence-electron chi connectivity index (χ3n) is 3.63. The van der Waals surface area contributed by atoms with Crippen molar-refractivity contribution < 1.29 is 18.7 Å². The molecule has 0 radical (unpaired) electrons. The Kier molecular flexibility index (Phi) is 5.93. The monoisotopic (exact) mass is 373 g/mol. The molecule has 2 aromatic rings. The molecule has 0 saturated carbocycles. The minimum Gasteiger partial charge on any atom is -0.463 e. The topological polar surface area (TPSA) is 93.5 Å². The van der Waals surface area contributed by atoms with Gasteiger partial charge in [0, 0.05) is 6.54 Å². The number of pyridine rings is 1. The molecule has 27 heavy (non-hydrogen) atoms. The Bertz CT molecular complexity index is 805. The molecule has 7 nitrogen and oxygen atoms in total. The standard InChI is InChI=1S/C20H27N3O4/c1-13-14(9-10-15(22-13)16-8-7-11-26-16)17(24)23-20(5,6)12-21-18(25)27-19(2,3)4/h7-11H,12H2,1-6H3,(H,21,25)(H,23,24). The van der Waals surface area contributed by atoms with Crippen molar-refractivity contribution in [1.29, 1.82) is 0 Å². The Morgan fingerprint density at radius 1 is 1.15 bits per heavy atom. The number of furan rings is 1. The molecule has 0 aliphatic carbocycles. The van der Waals surface area contributed by atoms with Crippen molar-refractivity contribution in [3.05, 3.63) is 41.8 Å². The summed E-state index contributed by atoms with van der Waals surface area (Å²) in [6.45, 7) is 11.0. The first-order valence-corrected chi connectivity index (χ1v) is 8.78. The number of alkyl carbamates (subject to hydrolysis) is 1. The third-order valence-corrected chi connectivity index (χ3v) is 3.63. The molecular weight excluding hydrogens is 346 g/mol. The predicted octanol–water partition coefficient (Wildman–Crippen LogP) is 3.68. The second-order valence-electron chi connectivity index (χ2n) is 8.00. The van der Waals surface area contributed by atoms with E-state index in [0.717, 1.165) is 0 Å². The average molecular weight is 373 g/mol. The van der Waals surface area contributed by atoms with Crippen molar-refractivity contribution in [2.75, 3.05) is 6.54 Å². The third kappa shape index (κ3) is 6.13. The lowest BCUT2D eigenvalue weighted by molar-refractivity contribution is 0.0509. The van der Waals surface area contributed by atoms with Crippen LogP contribution in [0.25, 0.3) is 11.5 Å². The maximum Gasteiger partial charge on any atom is 0.407 e. The lowest BCUT2D eigenvalue weighted by Gasteiger charge is -2.28. The fraction of sp³-hybridized carbons (Fsp3) is 0.450. The largest absolute Gasteiger partial charge is 0.463 e. The van der Waals surface area contributed by atoms with Crippen LogP contribution in [0.1, 0.15) is 50.7 Å². The Labute approximate surface area is 159 Å². The SMILES string of the molecule is Cc1nc(-c2ccco2)ccc1C(=O)NC(C)(C)CNC(=O)OC(C)(C)C. The molecule has 146 valence electrons. The molecule has 0 unspecified atom stereocenters. The fourth-order valence-corrected chi connectivity index (χ4v) is 2.39. The second-order valence-corrected chi connectivity index (χ2v) is 8.00. The van der Waals surface area contributed by atoms with Gasteiger partial charge in [0.25, 0.3) is 5.91 Å². The summed E-state index contributed by atoms with van der Waals surface area (Å²) in [5.74, 6) is 0.383. The summed E-state index contributed by atoms with van der Waals surface area (Å²) in [5, 5.41) is 5.59. The zero-order chi connectivity index (χ0) is 20.2. The van der Waals surface area contributed by atoms with E-state index in [1.807, 2.05) is 19.9 Å². The number of aromatic nitrogens is 1. The highest BCUT2D eigenvalue weighted by molar-refractivity contribution is 5.96. The van der Waals surface area contributed by atoms with E-state index in [2.05, 4.69) is 15.6 Å². The zero-order valence-electron chi connectivity index (χ0n) is 16.7. The molecule has 0 aliphatic heterocycles. The van der Waals surface area contributed by atoms with E-state index in [1.165, 1.54) is 0 Å². The van der Waals surface area contributed by atoms with E-state index < -0.39 is 17.2 Å². The van der Waals surface area contributed by atoms with Gasteiger partial charge in [0.05, 0.1) is 23.1 Å². The van der Waals surface area contributed by atoms with Crippen molar-refractivity contribution in [1.82, 2.24) is 15.6 Å². The first-order valence-electron chi connectivity index (χ1n) is 8.78. The molecule has 0 fully saturated rings. The molecule has 2 amide bonds. The normalized spacial score (nSPS) is 11.8. The summed E-state index contributed by atoms with van der Waals surface area (Å²) >= 11 is 0. The Morgan fingerprint density at radius 3 is 2.41 bits per heavy atom. The summed E-state index contributed by atoms with van der Waals surface area (Å²) in [6.07, 6.45) is 1.05. The lowest BCUT2D eigenvalue weighted by Crippen LogP contribution is -2.52. The van der Waals surface area contributed by atoms with E-state index >= 15 is 0 Å². The van der Waals surface area contributed by atoms with Crippen molar-refractivity contribution in [2.24, 2.45) is 0 Å². The molecule has 2 rings (SSSR count). The highest BCUT2D eigenvalue weighted by atomic mass is 16.6. The number of hydrogen-bond donors (Lipinski definition) is 2. The predicted molar refractivity (Wildman–Crippen MR) is 102 cm³/mol. The molecule has 0 spiro atoms. The highest BCUT2D eigenvalue weighted by Gasteiger charge is 2.25. The smallest absolute Gasteiger partial charge is 0.407 e. The molecule has 7 heteroatoms. The van der Waals surface area contributed by atoms with Crippen molar-refractivity contribution >= 4 is 12.0 Å². The first kappa shape index (κ1) is 20.5. The minimum atomic E-state index is -0.667. The Hall–Kier alpha value is -2.83. The Morgan fingerprint density at radius 2 is 1.85 bits per heavy atom. The average Bonchev–Trinajstić information content (AvgIpc) is 3.05. The van der Waals surface area contributed by atoms with Gasteiger partial charge in [0.1, 0.15) is 11.3 Å². The number of nitrogens with zero attached hydrogens (tertiary/aromatic N) is 1. The maximum atomic E-state index is 12.6. The minimum absolute atomic E-state index is 0.227. The number of carbonyl (C=O) groups excluding carboxylic acids is 2. The second kappa shape index (κ2) is 7.82. The van der Waals surface area contributed by atoms with E-state index in [4.69, 9.17) is 9.15 Å². The molecule has 0 atom stereocenters. The number of amides is 2. The summed E-state index contributed by atoms with van der Waals surface area (Å²) < 4.78 is 10.5. The van der Waals surface area contributed by atoms with Gasteiger partial charge in [-0.3, -0.25) is 4.79 Å². The molecular formula is C20H27N3O4. The van der Waals surface area contributed by atoms with Gasteiger partial charge in [0.2, 0.25) is 0 Å². The van der Waals surface area contributed by atoms with Crippen LogP contribution >= 0.6 is 0 Å². The van der Waals surface area contributed by atoms with Crippen LogP contribution in [0, 0.1) is 6.92 Å². The molecule has 0 bridgehead atoms. The zero-order valence-corrected chi connectivity index (χ0v) is 16.7. The summed E-state index contributed by atoms with van der Waals surface area (Å²) in [6, 6.07) is 7.06. The first-order chi connectivity index (χ1) is 12.5. The van der Waals surface area contributed by atoms with Gasteiger partial charge < -0.3 is 19.8 Å². The van der Waals surface area contributed by atoms with Crippen LogP contribution in [-0.2, 0) is 4.74 Å². The number of hydrogen-bond acceptors (Lipinski definition) is 5. The van der Waals surface area contributed by atoms with Gasteiger partial charge in [-0.25, -0.2) is 9.78 Å². The summed E-state index contributed by atoms with van der Waals surface area (Å²) in [5.41, 5.74) is 0.490. The van der Waals surface area contributed by atoms with Crippen LogP contribution in [0.3, 0.4) is 0 Å². The quantitative estimate of drug-likeness (QED) is 0.834. The highest BCUT2D eigenvalue weighted by Crippen LogP contribution is 2.19. The lowest BCUT2D eigenvalue weighted by atomic mass is 10.0. The van der Waals surface area contributed by atoms with E-state index in [9.17, 15) is 9.59 Å². The number of nitrogens with one attached hydrogen (secondary N) is 2. The van der Waals surface area contributed by atoms with Gasteiger partial charge in [-0.1, -0.05) is 0 Å². The molecule has 0 saturated heterocycles. The number of rotatable bonds is 5. The number of aryl methyl sites for hydroxylation is 1. The van der Waals surface area contributed by atoms with Crippen LogP contribution < -0.4 is 10.6 Å². The van der Waals surface area contributed by atoms with Gasteiger partial charge in [0.15, 0.2) is 5.76 Å². The van der Waals surface area contributed by atoms with Gasteiger partial charge in [-0.05, 0) is 65.8 Å². The molecule has 2 aromatic heterocycles. The maximum absolute atomic E-state index is 12.6.